The van der Waals surface area contributed by atoms with Gasteiger partial charge in [-0.1, -0.05) is 18.2 Å². The molecule has 1 atom stereocenters. The number of aliphatic hydroxyl groups is 1. The number of hydrogen-bond acceptors (Lipinski definition) is 5. The van der Waals surface area contributed by atoms with Crippen molar-refractivity contribution in [3.05, 3.63) is 41.6 Å². The van der Waals surface area contributed by atoms with E-state index in [1.54, 1.807) is 4.90 Å². The molecule has 0 aliphatic carbocycles. The van der Waals surface area contributed by atoms with Crippen molar-refractivity contribution >= 4 is 22.7 Å². The van der Waals surface area contributed by atoms with E-state index in [4.69, 9.17) is 4.98 Å². The predicted molar refractivity (Wildman–Crippen MR) is 115 cm³/mol. The zero-order valence-electron chi connectivity index (χ0n) is 18.0. The number of hydrogen-bond donors (Lipinski definition) is 1. The maximum absolute atomic E-state index is 13.4. The van der Waals surface area contributed by atoms with Gasteiger partial charge in [0.25, 0.3) is 11.8 Å². The molecule has 1 aromatic heterocycles. The third-order valence-corrected chi connectivity index (χ3v) is 6.17. The Morgan fingerprint density at radius 3 is 2.47 bits per heavy atom. The monoisotopic (exact) mass is 410 g/mol. The van der Waals surface area contributed by atoms with Gasteiger partial charge < -0.3 is 19.8 Å². The largest absolute Gasteiger partial charge is 0.381 e. The van der Waals surface area contributed by atoms with Crippen LogP contribution in [-0.4, -0.2) is 88.5 Å². The number of benzene rings is 1. The second-order valence-corrected chi connectivity index (χ2v) is 9.00. The van der Waals surface area contributed by atoms with Crippen LogP contribution in [0.3, 0.4) is 0 Å². The Bertz CT molecular complexity index is 961. The van der Waals surface area contributed by atoms with E-state index >= 15 is 0 Å². The Morgan fingerprint density at radius 2 is 1.77 bits per heavy atom. The molecule has 0 bridgehead atoms. The van der Waals surface area contributed by atoms with E-state index in [9.17, 15) is 14.7 Å². The van der Waals surface area contributed by atoms with E-state index in [1.807, 2.05) is 35.2 Å². The van der Waals surface area contributed by atoms with Crippen LogP contribution in [0.2, 0.25) is 0 Å². The van der Waals surface area contributed by atoms with Crippen LogP contribution in [0.4, 0.5) is 0 Å². The predicted octanol–water partition coefficient (Wildman–Crippen LogP) is 1.71. The van der Waals surface area contributed by atoms with Gasteiger partial charge in [0.1, 0.15) is 5.60 Å². The van der Waals surface area contributed by atoms with Crippen LogP contribution in [0.25, 0.3) is 10.9 Å². The van der Waals surface area contributed by atoms with Crippen LogP contribution in [0.1, 0.15) is 42.2 Å². The van der Waals surface area contributed by atoms with Crippen molar-refractivity contribution in [2.75, 3.05) is 46.3 Å². The molecule has 2 aliphatic rings. The van der Waals surface area contributed by atoms with Gasteiger partial charge in [-0.05, 0) is 39.4 Å². The lowest BCUT2D eigenvalue weighted by molar-refractivity contribution is -0.146. The van der Waals surface area contributed by atoms with Gasteiger partial charge in [-0.2, -0.15) is 0 Å². The minimum absolute atomic E-state index is 0.0466. The molecule has 160 valence electrons. The van der Waals surface area contributed by atoms with E-state index in [-0.39, 0.29) is 17.7 Å². The van der Waals surface area contributed by atoms with Gasteiger partial charge in [-0.3, -0.25) is 14.6 Å². The number of aromatic nitrogens is 1. The quantitative estimate of drug-likeness (QED) is 0.834. The van der Waals surface area contributed by atoms with Crippen LogP contribution in [0.5, 0.6) is 0 Å². The van der Waals surface area contributed by atoms with Crippen molar-refractivity contribution in [1.82, 2.24) is 19.7 Å². The highest BCUT2D eigenvalue weighted by atomic mass is 16.3. The van der Waals surface area contributed by atoms with Gasteiger partial charge in [0.15, 0.2) is 0 Å². The smallest absolute Gasteiger partial charge is 0.254 e. The van der Waals surface area contributed by atoms with E-state index in [1.165, 1.54) is 13.8 Å². The van der Waals surface area contributed by atoms with Crippen molar-refractivity contribution in [1.29, 1.82) is 0 Å². The van der Waals surface area contributed by atoms with Crippen molar-refractivity contribution in [2.24, 2.45) is 0 Å². The fourth-order valence-corrected chi connectivity index (χ4v) is 4.33. The molecule has 2 aliphatic heterocycles. The first-order chi connectivity index (χ1) is 14.2. The SMILES string of the molecule is CN1CCN(C(=O)c2cc([C@@H]3CCN(C(=O)C(C)(C)O)C3)nc3ccccc23)CC1. The number of amides is 2. The van der Waals surface area contributed by atoms with Gasteiger partial charge >= 0.3 is 0 Å². The molecule has 1 aromatic carbocycles. The minimum atomic E-state index is -1.38. The summed E-state index contributed by atoms with van der Waals surface area (Å²) in [6.07, 6.45) is 0.773. The van der Waals surface area contributed by atoms with Gasteiger partial charge in [-0.25, -0.2) is 0 Å². The van der Waals surface area contributed by atoms with E-state index in [0.717, 1.165) is 49.2 Å². The lowest BCUT2D eigenvalue weighted by atomic mass is 9.98. The molecule has 0 saturated carbocycles. The van der Waals surface area contributed by atoms with E-state index in [2.05, 4.69) is 11.9 Å². The van der Waals surface area contributed by atoms with Crippen LogP contribution >= 0.6 is 0 Å². The summed E-state index contributed by atoms with van der Waals surface area (Å²) in [7, 11) is 2.07. The summed E-state index contributed by atoms with van der Waals surface area (Å²) in [6.45, 7) is 7.32. The van der Waals surface area contributed by atoms with Crippen molar-refractivity contribution < 1.29 is 14.7 Å². The molecule has 2 fully saturated rings. The third kappa shape index (κ3) is 4.04. The summed E-state index contributed by atoms with van der Waals surface area (Å²) in [5.41, 5.74) is 0.957. The lowest BCUT2D eigenvalue weighted by Crippen LogP contribution is -2.47. The highest BCUT2D eigenvalue weighted by Crippen LogP contribution is 2.31. The molecule has 7 heteroatoms. The van der Waals surface area contributed by atoms with Gasteiger partial charge in [0.2, 0.25) is 0 Å². The summed E-state index contributed by atoms with van der Waals surface area (Å²) >= 11 is 0. The molecular formula is C23H30N4O3. The van der Waals surface area contributed by atoms with Crippen molar-refractivity contribution in [3.63, 3.8) is 0 Å². The first-order valence-electron chi connectivity index (χ1n) is 10.6. The Hall–Kier alpha value is -2.51. The van der Waals surface area contributed by atoms with E-state index < -0.39 is 5.60 Å². The molecule has 0 spiro atoms. The van der Waals surface area contributed by atoms with Gasteiger partial charge in [0.05, 0.1) is 11.1 Å². The molecule has 2 aromatic rings. The lowest BCUT2D eigenvalue weighted by Gasteiger charge is -2.32. The number of likely N-dealkylation sites (tertiary alicyclic amines) is 1. The number of carbonyl (C=O) groups is 2. The summed E-state index contributed by atoms with van der Waals surface area (Å²) < 4.78 is 0. The average molecular weight is 411 g/mol. The van der Waals surface area contributed by atoms with Crippen LogP contribution in [0.15, 0.2) is 30.3 Å². The number of rotatable bonds is 3. The average Bonchev–Trinajstić information content (AvgIpc) is 3.22. The number of pyridine rings is 1. The highest BCUT2D eigenvalue weighted by molar-refractivity contribution is 6.06. The molecule has 1 N–H and O–H groups in total. The van der Waals surface area contributed by atoms with Crippen LogP contribution in [-0.2, 0) is 4.79 Å². The zero-order valence-corrected chi connectivity index (χ0v) is 18.0. The molecule has 0 unspecified atom stereocenters. The molecule has 0 radical (unpaired) electrons. The Balaban J connectivity index is 1.64. The summed E-state index contributed by atoms with van der Waals surface area (Å²) in [5.74, 6) is -0.162. The Kier molecular flexibility index (Phi) is 5.51. The highest BCUT2D eigenvalue weighted by Gasteiger charge is 2.35. The number of carbonyl (C=O) groups excluding carboxylic acids is 2. The third-order valence-electron chi connectivity index (χ3n) is 6.17. The number of fused-ring (bicyclic) bond motifs is 1. The molecular weight excluding hydrogens is 380 g/mol. The fraction of sp³-hybridized carbons (Fsp3) is 0.522. The number of para-hydroxylation sites is 1. The summed E-state index contributed by atoms with van der Waals surface area (Å²) in [5, 5.41) is 10.9. The first kappa shape index (κ1) is 20.8. The molecule has 30 heavy (non-hydrogen) atoms. The second kappa shape index (κ2) is 7.96. The Labute approximate surface area is 177 Å². The molecule has 2 amide bonds. The topological polar surface area (TPSA) is 77.0 Å². The van der Waals surface area contributed by atoms with Crippen LogP contribution in [0, 0.1) is 0 Å². The van der Waals surface area contributed by atoms with E-state index in [0.29, 0.717) is 18.7 Å². The maximum atomic E-state index is 13.4. The number of likely N-dealkylation sites (N-methyl/N-ethyl adjacent to an activating group) is 1. The number of piperazine rings is 1. The van der Waals surface area contributed by atoms with Gasteiger partial charge in [0, 0.05) is 56.3 Å². The summed E-state index contributed by atoms with van der Waals surface area (Å²) in [6, 6.07) is 9.68. The van der Waals surface area contributed by atoms with Crippen LogP contribution < -0.4 is 0 Å². The first-order valence-corrected chi connectivity index (χ1v) is 10.6. The zero-order chi connectivity index (χ0) is 21.5. The molecule has 3 heterocycles. The second-order valence-electron chi connectivity index (χ2n) is 9.00. The molecule has 4 rings (SSSR count). The fourth-order valence-electron chi connectivity index (χ4n) is 4.33. The number of nitrogens with zero attached hydrogens (tertiary/aromatic N) is 4. The maximum Gasteiger partial charge on any atom is 0.254 e. The molecule has 2 saturated heterocycles. The Morgan fingerprint density at radius 1 is 1.07 bits per heavy atom. The normalized spacial score (nSPS) is 20.7. The van der Waals surface area contributed by atoms with Crippen molar-refractivity contribution in [2.45, 2.75) is 31.8 Å². The molecule has 7 nitrogen and oxygen atoms in total. The van der Waals surface area contributed by atoms with Gasteiger partial charge in [-0.15, -0.1) is 0 Å². The minimum Gasteiger partial charge on any atom is -0.381 e. The van der Waals surface area contributed by atoms with Crippen molar-refractivity contribution in [3.8, 4) is 0 Å². The summed E-state index contributed by atoms with van der Waals surface area (Å²) in [4.78, 5) is 36.5. The standard InChI is InChI=1S/C23H30N4O3/c1-23(2,30)22(29)27-9-8-16(15-27)20-14-18(17-6-4-5-7-19(17)24-20)21(28)26-12-10-25(3)11-13-26/h4-7,14,16,30H,8-13,15H2,1-3H3/t16-/m1/s1.